The van der Waals surface area contributed by atoms with Crippen LogP contribution in [0, 0.1) is 5.92 Å². The van der Waals surface area contributed by atoms with Crippen molar-refractivity contribution in [2.24, 2.45) is 5.92 Å². The Bertz CT molecular complexity index is 208. The van der Waals surface area contributed by atoms with Gasteiger partial charge in [0.05, 0.1) is 6.54 Å². The number of halogens is 1. The zero-order valence-electron chi connectivity index (χ0n) is 12.5. The molecule has 0 fully saturated rings. The molecule has 0 saturated carbocycles. The van der Waals surface area contributed by atoms with Crippen LogP contribution >= 0.6 is 12.4 Å². The first-order valence-corrected chi connectivity index (χ1v) is 6.70. The molecular weight excluding hydrogens is 250 g/mol. The molecule has 18 heavy (non-hydrogen) atoms. The second kappa shape index (κ2) is 11.8. The smallest absolute Gasteiger partial charge is 0.234 e. The van der Waals surface area contributed by atoms with Crippen molar-refractivity contribution in [1.82, 2.24) is 15.5 Å². The van der Waals surface area contributed by atoms with Gasteiger partial charge in [-0.15, -0.1) is 12.4 Å². The Morgan fingerprint density at radius 2 is 1.78 bits per heavy atom. The Morgan fingerprint density at radius 1 is 1.22 bits per heavy atom. The third kappa shape index (κ3) is 8.72. The molecule has 4 nitrogen and oxygen atoms in total. The van der Waals surface area contributed by atoms with Crippen LogP contribution in [0.4, 0.5) is 0 Å². The van der Waals surface area contributed by atoms with Gasteiger partial charge in [-0.25, -0.2) is 0 Å². The van der Waals surface area contributed by atoms with Crippen molar-refractivity contribution in [1.29, 1.82) is 0 Å². The van der Waals surface area contributed by atoms with E-state index in [1.165, 1.54) is 0 Å². The maximum atomic E-state index is 11.4. The Labute approximate surface area is 118 Å². The lowest BCUT2D eigenvalue weighted by Gasteiger charge is -2.31. The molecule has 0 aliphatic heterocycles. The number of carbonyl (C=O) groups excluding carboxylic acids is 1. The maximum Gasteiger partial charge on any atom is 0.234 e. The molecule has 0 aromatic carbocycles. The van der Waals surface area contributed by atoms with Crippen LogP contribution in [0.5, 0.6) is 0 Å². The highest BCUT2D eigenvalue weighted by molar-refractivity contribution is 5.85. The lowest BCUT2D eigenvalue weighted by molar-refractivity contribution is -0.120. The van der Waals surface area contributed by atoms with Crippen molar-refractivity contribution in [2.45, 2.75) is 40.2 Å². The van der Waals surface area contributed by atoms with E-state index in [0.717, 1.165) is 26.1 Å². The van der Waals surface area contributed by atoms with Crippen molar-refractivity contribution in [2.75, 3.05) is 33.2 Å². The Morgan fingerprint density at radius 3 is 2.17 bits per heavy atom. The SMILES string of the molecule is CCN(CC)C(CNC(=O)CNC)CC(C)C.Cl. The fourth-order valence-corrected chi connectivity index (χ4v) is 2.10. The summed E-state index contributed by atoms with van der Waals surface area (Å²) in [7, 11) is 1.79. The molecule has 0 spiro atoms. The summed E-state index contributed by atoms with van der Waals surface area (Å²) >= 11 is 0. The van der Waals surface area contributed by atoms with Crippen molar-refractivity contribution in [3.05, 3.63) is 0 Å². The summed E-state index contributed by atoms with van der Waals surface area (Å²) in [5, 5.41) is 5.86. The molecule has 0 saturated heterocycles. The number of carbonyl (C=O) groups is 1. The fourth-order valence-electron chi connectivity index (χ4n) is 2.10. The van der Waals surface area contributed by atoms with Gasteiger partial charge in [-0.1, -0.05) is 27.7 Å². The van der Waals surface area contributed by atoms with E-state index in [4.69, 9.17) is 0 Å². The van der Waals surface area contributed by atoms with E-state index in [9.17, 15) is 4.79 Å². The predicted octanol–water partition coefficient (Wildman–Crippen LogP) is 1.50. The first kappa shape index (κ1) is 20.0. The summed E-state index contributed by atoms with van der Waals surface area (Å²) in [6.07, 6.45) is 1.13. The molecule has 1 atom stereocenters. The van der Waals surface area contributed by atoms with Gasteiger partial charge in [0, 0.05) is 12.6 Å². The highest BCUT2D eigenvalue weighted by atomic mass is 35.5. The molecule has 0 aromatic rings. The monoisotopic (exact) mass is 279 g/mol. The number of nitrogens with zero attached hydrogens (tertiary/aromatic N) is 1. The highest BCUT2D eigenvalue weighted by Gasteiger charge is 2.17. The van der Waals surface area contributed by atoms with E-state index >= 15 is 0 Å². The molecular formula is C13H30ClN3O. The van der Waals surface area contributed by atoms with Crippen LogP contribution in [-0.4, -0.2) is 50.1 Å². The van der Waals surface area contributed by atoms with Gasteiger partial charge in [0.2, 0.25) is 5.91 Å². The quantitative estimate of drug-likeness (QED) is 0.672. The summed E-state index contributed by atoms with van der Waals surface area (Å²) in [5.74, 6) is 0.732. The number of hydrogen-bond donors (Lipinski definition) is 2. The molecule has 2 N–H and O–H groups in total. The topological polar surface area (TPSA) is 44.4 Å². The number of amides is 1. The van der Waals surface area contributed by atoms with Crippen LogP contribution in [0.25, 0.3) is 0 Å². The number of nitrogens with one attached hydrogen (secondary N) is 2. The van der Waals surface area contributed by atoms with Gasteiger partial charge in [0.15, 0.2) is 0 Å². The number of rotatable bonds is 9. The van der Waals surface area contributed by atoms with E-state index in [1.54, 1.807) is 7.05 Å². The van der Waals surface area contributed by atoms with E-state index in [0.29, 0.717) is 18.5 Å². The third-order valence-corrected chi connectivity index (χ3v) is 2.94. The molecule has 1 amide bonds. The van der Waals surface area contributed by atoms with E-state index in [2.05, 4.69) is 43.2 Å². The Hall–Kier alpha value is -0.320. The van der Waals surface area contributed by atoms with Crippen LogP contribution in [0.1, 0.15) is 34.1 Å². The fraction of sp³-hybridized carbons (Fsp3) is 0.923. The van der Waals surface area contributed by atoms with E-state index in [1.807, 2.05) is 0 Å². The summed E-state index contributed by atoms with van der Waals surface area (Å²) in [6, 6.07) is 0.450. The molecule has 0 aromatic heterocycles. The third-order valence-electron chi connectivity index (χ3n) is 2.94. The van der Waals surface area contributed by atoms with Crippen LogP contribution in [0.15, 0.2) is 0 Å². The van der Waals surface area contributed by atoms with Gasteiger partial charge in [-0.2, -0.15) is 0 Å². The zero-order chi connectivity index (χ0) is 13.3. The minimum Gasteiger partial charge on any atom is -0.353 e. The van der Waals surface area contributed by atoms with Crippen LogP contribution < -0.4 is 10.6 Å². The summed E-state index contributed by atoms with van der Waals surface area (Å²) in [6.45, 7) is 12.0. The summed E-state index contributed by atoms with van der Waals surface area (Å²) in [4.78, 5) is 13.9. The van der Waals surface area contributed by atoms with Gasteiger partial charge in [-0.3, -0.25) is 9.69 Å². The largest absolute Gasteiger partial charge is 0.353 e. The zero-order valence-corrected chi connectivity index (χ0v) is 13.3. The average molecular weight is 280 g/mol. The van der Waals surface area contributed by atoms with E-state index in [-0.39, 0.29) is 18.3 Å². The molecule has 5 heteroatoms. The van der Waals surface area contributed by atoms with Crippen molar-refractivity contribution >= 4 is 18.3 Å². The molecule has 0 radical (unpaired) electrons. The number of likely N-dealkylation sites (N-methyl/N-ethyl adjacent to an activating group) is 2. The predicted molar refractivity (Wildman–Crippen MR) is 80.3 cm³/mol. The number of hydrogen-bond acceptors (Lipinski definition) is 3. The van der Waals surface area contributed by atoms with Crippen LogP contribution in [0.2, 0.25) is 0 Å². The lowest BCUT2D eigenvalue weighted by atomic mass is 10.0. The maximum absolute atomic E-state index is 11.4. The lowest BCUT2D eigenvalue weighted by Crippen LogP contribution is -2.46. The first-order valence-electron chi connectivity index (χ1n) is 6.70. The van der Waals surface area contributed by atoms with Crippen molar-refractivity contribution in [3.8, 4) is 0 Å². The molecule has 0 bridgehead atoms. The normalized spacial score (nSPS) is 12.4. The second-order valence-electron chi connectivity index (χ2n) is 4.84. The summed E-state index contributed by atoms with van der Waals surface area (Å²) < 4.78 is 0. The Kier molecular flexibility index (Phi) is 13.1. The minimum absolute atomic E-state index is 0. The molecule has 0 rings (SSSR count). The molecule has 1 unspecified atom stereocenters. The van der Waals surface area contributed by atoms with Gasteiger partial charge in [0.1, 0.15) is 0 Å². The second-order valence-corrected chi connectivity index (χ2v) is 4.84. The molecule has 0 aliphatic carbocycles. The van der Waals surface area contributed by atoms with Gasteiger partial charge < -0.3 is 10.6 Å². The van der Waals surface area contributed by atoms with Crippen LogP contribution in [0.3, 0.4) is 0 Å². The molecule has 0 aliphatic rings. The first-order chi connectivity index (χ1) is 8.04. The van der Waals surface area contributed by atoms with E-state index < -0.39 is 0 Å². The standard InChI is InChI=1S/C13H29N3O.ClH/c1-6-16(7-2)12(8-11(3)4)9-15-13(17)10-14-5;/h11-12,14H,6-10H2,1-5H3,(H,15,17);1H. The van der Waals surface area contributed by atoms with Gasteiger partial charge >= 0.3 is 0 Å². The highest BCUT2D eigenvalue weighted by Crippen LogP contribution is 2.10. The minimum atomic E-state index is 0. The van der Waals surface area contributed by atoms with Crippen molar-refractivity contribution < 1.29 is 4.79 Å². The van der Waals surface area contributed by atoms with Gasteiger partial charge in [-0.05, 0) is 32.5 Å². The molecule has 110 valence electrons. The average Bonchev–Trinajstić information content (AvgIpc) is 2.27. The Balaban J connectivity index is 0. The summed E-state index contributed by atoms with van der Waals surface area (Å²) in [5.41, 5.74) is 0. The molecule has 0 heterocycles. The van der Waals surface area contributed by atoms with Crippen LogP contribution in [-0.2, 0) is 4.79 Å². The van der Waals surface area contributed by atoms with Gasteiger partial charge in [0.25, 0.3) is 0 Å². The van der Waals surface area contributed by atoms with Crippen molar-refractivity contribution in [3.63, 3.8) is 0 Å².